The van der Waals surface area contributed by atoms with Gasteiger partial charge in [0.05, 0.1) is 11.8 Å². The number of anilines is 1. The Morgan fingerprint density at radius 1 is 1.50 bits per heavy atom. The summed E-state index contributed by atoms with van der Waals surface area (Å²) in [6.07, 6.45) is 2.57. The van der Waals surface area contributed by atoms with E-state index in [1.54, 1.807) is 14.0 Å². The molecule has 1 aliphatic heterocycles. The lowest BCUT2D eigenvalue weighted by Crippen LogP contribution is -2.49. The fraction of sp³-hybridized carbons (Fsp3) is 0.533. The van der Waals surface area contributed by atoms with E-state index in [9.17, 15) is 9.90 Å². The highest BCUT2D eigenvalue weighted by atomic mass is 79.9. The minimum atomic E-state index is -0.489. The highest BCUT2D eigenvalue weighted by Crippen LogP contribution is 2.33. The molecular formula is C15H21BrN2O2. The van der Waals surface area contributed by atoms with Gasteiger partial charge >= 0.3 is 0 Å². The second-order valence-corrected chi connectivity index (χ2v) is 6.06. The monoisotopic (exact) mass is 340 g/mol. The van der Waals surface area contributed by atoms with E-state index in [0.717, 1.165) is 41.5 Å². The molecule has 0 aliphatic carbocycles. The average molecular weight is 341 g/mol. The number of carbonyl (C=O) groups is 1. The summed E-state index contributed by atoms with van der Waals surface area (Å²) in [5.74, 6) is 0.0659. The first-order valence-electron chi connectivity index (χ1n) is 7.00. The lowest BCUT2D eigenvalue weighted by molar-refractivity contribution is -0.122. The molecule has 2 atom stereocenters. The van der Waals surface area contributed by atoms with Gasteiger partial charge in [0.1, 0.15) is 6.04 Å². The van der Waals surface area contributed by atoms with Crippen LogP contribution in [0.3, 0.4) is 0 Å². The number of hydrogen-bond acceptors (Lipinski definition) is 3. The number of carbonyl (C=O) groups excluding carboxylic acids is 1. The third kappa shape index (κ3) is 3.15. The van der Waals surface area contributed by atoms with E-state index < -0.39 is 6.10 Å². The number of halogens is 1. The van der Waals surface area contributed by atoms with Gasteiger partial charge in [0, 0.05) is 18.1 Å². The minimum absolute atomic E-state index is 0.0659. The molecule has 1 saturated heterocycles. The molecule has 2 N–H and O–H groups in total. The van der Waals surface area contributed by atoms with Gasteiger partial charge in [-0.15, -0.1) is 0 Å². The van der Waals surface area contributed by atoms with Gasteiger partial charge < -0.3 is 15.3 Å². The van der Waals surface area contributed by atoms with Crippen molar-refractivity contribution >= 4 is 27.5 Å². The van der Waals surface area contributed by atoms with E-state index in [2.05, 4.69) is 26.1 Å². The molecular weight excluding hydrogens is 320 g/mol. The van der Waals surface area contributed by atoms with Gasteiger partial charge in [-0.2, -0.15) is 0 Å². The third-order valence-corrected chi connectivity index (χ3v) is 4.45. The summed E-state index contributed by atoms with van der Waals surface area (Å²) >= 11 is 3.57. The zero-order valence-corrected chi connectivity index (χ0v) is 13.5. The van der Waals surface area contributed by atoms with E-state index in [1.165, 1.54) is 0 Å². The number of hydrogen-bond donors (Lipinski definition) is 2. The quantitative estimate of drug-likeness (QED) is 0.889. The Hall–Kier alpha value is -1.07. The Kier molecular flexibility index (Phi) is 5.05. The number of nitrogens with zero attached hydrogens (tertiary/aromatic N) is 1. The maximum Gasteiger partial charge on any atom is 0.242 e. The lowest BCUT2D eigenvalue weighted by atomic mass is 10.00. The second kappa shape index (κ2) is 6.59. The van der Waals surface area contributed by atoms with Gasteiger partial charge in [0.25, 0.3) is 0 Å². The van der Waals surface area contributed by atoms with E-state index in [-0.39, 0.29) is 11.9 Å². The summed E-state index contributed by atoms with van der Waals surface area (Å²) in [5, 5.41) is 12.4. The van der Waals surface area contributed by atoms with Crippen LogP contribution in [0.25, 0.3) is 0 Å². The standard InChI is InChI=1S/C15H21BrN2O2/c1-10(19)11-6-7-13(12(16)9-11)18-8-4-3-5-14(18)15(20)17-2/h6-7,9-10,14,19H,3-5,8H2,1-2H3,(H,17,20). The summed E-state index contributed by atoms with van der Waals surface area (Å²) in [4.78, 5) is 14.2. The van der Waals surface area contributed by atoms with Crippen molar-refractivity contribution in [3.8, 4) is 0 Å². The molecule has 20 heavy (non-hydrogen) atoms. The van der Waals surface area contributed by atoms with E-state index in [1.807, 2.05) is 18.2 Å². The number of aliphatic hydroxyl groups is 1. The largest absolute Gasteiger partial charge is 0.389 e. The van der Waals surface area contributed by atoms with Crippen LogP contribution < -0.4 is 10.2 Å². The molecule has 1 heterocycles. The molecule has 1 aromatic rings. The molecule has 0 saturated carbocycles. The van der Waals surface area contributed by atoms with Crippen LogP contribution in [0, 0.1) is 0 Å². The number of piperidine rings is 1. The Bertz CT molecular complexity index is 491. The molecule has 0 radical (unpaired) electrons. The zero-order chi connectivity index (χ0) is 14.7. The molecule has 1 aromatic carbocycles. The Labute approximate surface area is 128 Å². The van der Waals surface area contributed by atoms with Gasteiger partial charge in [-0.25, -0.2) is 0 Å². The lowest BCUT2D eigenvalue weighted by Gasteiger charge is -2.37. The first-order chi connectivity index (χ1) is 9.54. The highest BCUT2D eigenvalue weighted by Gasteiger charge is 2.29. The number of nitrogens with one attached hydrogen (secondary N) is 1. The molecule has 2 unspecified atom stereocenters. The maximum atomic E-state index is 12.0. The molecule has 1 aliphatic rings. The first kappa shape index (κ1) is 15.3. The molecule has 0 bridgehead atoms. The Balaban J connectivity index is 2.30. The summed E-state index contributed by atoms with van der Waals surface area (Å²) in [7, 11) is 1.68. The number of benzene rings is 1. The van der Waals surface area contributed by atoms with Crippen molar-refractivity contribution in [2.75, 3.05) is 18.5 Å². The maximum absolute atomic E-state index is 12.0. The fourth-order valence-electron chi connectivity index (χ4n) is 2.68. The van der Waals surface area contributed by atoms with E-state index in [4.69, 9.17) is 0 Å². The highest BCUT2D eigenvalue weighted by molar-refractivity contribution is 9.10. The summed E-state index contributed by atoms with van der Waals surface area (Å²) < 4.78 is 0.923. The molecule has 1 fully saturated rings. The van der Waals surface area contributed by atoms with Crippen molar-refractivity contribution in [2.45, 2.75) is 38.3 Å². The van der Waals surface area contributed by atoms with Crippen molar-refractivity contribution in [3.63, 3.8) is 0 Å². The summed E-state index contributed by atoms with van der Waals surface area (Å²) in [6, 6.07) is 5.71. The van der Waals surface area contributed by atoms with Crippen LogP contribution >= 0.6 is 15.9 Å². The van der Waals surface area contributed by atoms with Crippen LogP contribution in [-0.2, 0) is 4.79 Å². The zero-order valence-electron chi connectivity index (χ0n) is 11.9. The van der Waals surface area contributed by atoms with Crippen molar-refractivity contribution in [1.29, 1.82) is 0 Å². The third-order valence-electron chi connectivity index (χ3n) is 3.82. The number of amides is 1. The van der Waals surface area contributed by atoms with Crippen molar-refractivity contribution in [3.05, 3.63) is 28.2 Å². The second-order valence-electron chi connectivity index (χ2n) is 5.21. The predicted molar refractivity (Wildman–Crippen MR) is 83.8 cm³/mol. The van der Waals surface area contributed by atoms with Crippen LogP contribution in [0.5, 0.6) is 0 Å². The minimum Gasteiger partial charge on any atom is -0.389 e. The van der Waals surface area contributed by atoms with Crippen LogP contribution in [0.2, 0.25) is 0 Å². The van der Waals surface area contributed by atoms with Gasteiger partial charge in [-0.1, -0.05) is 6.07 Å². The summed E-state index contributed by atoms with van der Waals surface area (Å²) in [5.41, 5.74) is 1.89. The van der Waals surface area contributed by atoms with Crippen LogP contribution in [0.4, 0.5) is 5.69 Å². The topological polar surface area (TPSA) is 52.6 Å². The number of aliphatic hydroxyl groups excluding tert-OH is 1. The van der Waals surface area contributed by atoms with Crippen LogP contribution in [0.15, 0.2) is 22.7 Å². The van der Waals surface area contributed by atoms with E-state index in [0.29, 0.717) is 0 Å². The summed E-state index contributed by atoms with van der Waals surface area (Å²) in [6.45, 7) is 2.63. The number of rotatable bonds is 3. The fourth-order valence-corrected chi connectivity index (χ4v) is 3.30. The number of likely N-dealkylation sites (N-methyl/N-ethyl adjacent to an activating group) is 1. The molecule has 2 rings (SSSR count). The smallest absolute Gasteiger partial charge is 0.242 e. The first-order valence-corrected chi connectivity index (χ1v) is 7.79. The molecule has 0 spiro atoms. The van der Waals surface area contributed by atoms with Crippen molar-refractivity contribution in [2.24, 2.45) is 0 Å². The Morgan fingerprint density at radius 3 is 2.85 bits per heavy atom. The molecule has 5 heteroatoms. The molecule has 0 aromatic heterocycles. The molecule has 4 nitrogen and oxygen atoms in total. The van der Waals surface area contributed by atoms with Gasteiger partial charge in [-0.05, 0) is 59.8 Å². The van der Waals surface area contributed by atoms with Gasteiger partial charge in [0.2, 0.25) is 5.91 Å². The van der Waals surface area contributed by atoms with Crippen molar-refractivity contribution in [1.82, 2.24) is 5.32 Å². The molecule has 1 amide bonds. The molecule has 110 valence electrons. The van der Waals surface area contributed by atoms with Gasteiger partial charge in [0.15, 0.2) is 0 Å². The average Bonchev–Trinajstić information content (AvgIpc) is 2.46. The normalized spacial score (nSPS) is 20.6. The van der Waals surface area contributed by atoms with Crippen molar-refractivity contribution < 1.29 is 9.90 Å². The Morgan fingerprint density at radius 2 is 2.25 bits per heavy atom. The van der Waals surface area contributed by atoms with Crippen LogP contribution in [0.1, 0.15) is 37.9 Å². The van der Waals surface area contributed by atoms with Gasteiger partial charge in [-0.3, -0.25) is 4.79 Å². The predicted octanol–water partition coefficient (Wildman–Crippen LogP) is 2.61. The van der Waals surface area contributed by atoms with E-state index >= 15 is 0 Å². The SMILES string of the molecule is CNC(=O)C1CCCCN1c1ccc(C(C)O)cc1Br. The van der Waals surface area contributed by atoms with Crippen LogP contribution in [-0.4, -0.2) is 30.6 Å².